The molecule has 0 spiro atoms. The smallest absolute Gasteiger partial charge is 0.279 e. The molecule has 0 amide bonds. The molecular formula is C19H20N2O2S. The summed E-state index contributed by atoms with van der Waals surface area (Å²) < 4.78 is 12.8. The predicted octanol–water partition coefficient (Wildman–Crippen LogP) is 4.53. The van der Waals surface area contributed by atoms with Gasteiger partial charge in [0, 0.05) is 6.04 Å². The predicted molar refractivity (Wildman–Crippen MR) is 97.4 cm³/mol. The summed E-state index contributed by atoms with van der Waals surface area (Å²) in [5.74, 6) is 1.65. The van der Waals surface area contributed by atoms with Crippen molar-refractivity contribution < 1.29 is 9.47 Å². The van der Waals surface area contributed by atoms with Crippen molar-refractivity contribution >= 4 is 21.6 Å². The highest BCUT2D eigenvalue weighted by Crippen LogP contribution is 2.32. The number of ether oxygens (including phenoxy) is 2. The van der Waals surface area contributed by atoms with E-state index in [9.17, 15) is 0 Å². The van der Waals surface area contributed by atoms with Gasteiger partial charge in [-0.05, 0) is 68.3 Å². The molecule has 3 aromatic rings. The fourth-order valence-electron chi connectivity index (χ4n) is 2.85. The van der Waals surface area contributed by atoms with Crippen molar-refractivity contribution in [2.75, 3.05) is 13.2 Å². The van der Waals surface area contributed by atoms with Gasteiger partial charge in [0.25, 0.3) is 5.19 Å². The number of aryl methyl sites for hydroxylation is 1. The number of fused-ring (bicyclic) bond motifs is 1. The van der Waals surface area contributed by atoms with E-state index >= 15 is 0 Å². The molecule has 1 saturated heterocycles. The average molecular weight is 340 g/mol. The standard InChI is InChI=1S/C19H20N2O2S/c1-13-4-9-17-18(11-13)24-19(21-17)23-16-7-5-15(6-8-16)22-12-14-3-2-10-20-14/h4-9,11,14,20H,2-3,10,12H2,1H3/t14-/m1/s1. The van der Waals surface area contributed by atoms with Gasteiger partial charge in [0.2, 0.25) is 0 Å². The Morgan fingerprint density at radius 3 is 2.79 bits per heavy atom. The van der Waals surface area contributed by atoms with Gasteiger partial charge in [-0.3, -0.25) is 0 Å². The summed E-state index contributed by atoms with van der Waals surface area (Å²) in [5.41, 5.74) is 2.21. The molecule has 1 atom stereocenters. The SMILES string of the molecule is Cc1ccc2nc(Oc3ccc(OC[C@H]4CCCN4)cc3)sc2c1. The van der Waals surface area contributed by atoms with Gasteiger partial charge >= 0.3 is 0 Å². The largest absolute Gasteiger partial charge is 0.492 e. The van der Waals surface area contributed by atoms with Crippen molar-refractivity contribution in [1.82, 2.24) is 10.3 Å². The van der Waals surface area contributed by atoms with Gasteiger partial charge in [-0.1, -0.05) is 17.4 Å². The number of aromatic nitrogens is 1. The van der Waals surface area contributed by atoms with Crippen LogP contribution in [0.25, 0.3) is 10.2 Å². The first-order valence-electron chi connectivity index (χ1n) is 8.27. The summed E-state index contributed by atoms with van der Waals surface area (Å²) in [6.07, 6.45) is 2.43. The maximum atomic E-state index is 5.88. The Morgan fingerprint density at radius 1 is 1.17 bits per heavy atom. The van der Waals surface area contributed by atoms with Crippen LogP contribution in [0.5, 0.6) is 16.7 Å². The van der Waals surface area contributed by atoms with Gasteiger partial charge < -0.3 is 14.8 Å². The summed E-state index contributed by atoms with van der Waals surface area (Å²) >= 11 is 1.56. The first kappa shape index (κ1) is 15.4. The third kappa shape index (κ3) is 3.52. The van der Waals surface area contributed by atoms with Gasteiger partial charge in [-0.2, -0.15) is 0 Å². The molecule has 0 bridgehead atoms. The van der Waals surface area contributed by atoms with Crippen molar-refractivity contribution in [3.05, 3.63) is 48.0 Å². The fourth-order valence-corrected chi connectivity index (χ4v) is 3.79. The van der Waals surface area contributed by atoms with Crippen LogP contribution in [-0.4, -0.2) is 24.2 Å². The third-order valence-corrected chi connectivity index (χ3v) is 5.06. The zero-order valence-electron chi connectivity index (χ0n) is 13.6. The van der Waals surface area contributed by atoms with Crippen molar-refractivity contribution in [3.8, 4) is 16.7 Å². The Morgan fingerprint density at radius 2 is 2.00 bits per heavy atom. The Hall–Kier alpha value is -2.11. The van der Waals surface area contributed by atoms with Gasteiger partial charge in [0.1, 0.15) is 18.1 Å². The van der Waals surface area contributed by atoms with E-state index in [0.29, 0.717) is 11.2 Å². The lowest BCUT2D eigenvalue weighted by molar-refractivity contribution is 0.277. The van der Waals surface area contributed by atoms with E-state index < -0.39 is 0 Å². The summed E-state index contributed by atoms with van der Waals surface area (Å²) in [7, 11) is 0. The van der Waals surface area contributed by atoms with Crippen LogP contribution in [0.4, 0.5) is 0 Å². The minimum absolute atomic E-state index is 0.479. The Bertz CT molecular complexity index is 823. The van der Waals surface area contributed by atoms with Crippen LogP contribution >= 0.6 is 11.3 Å². The summed E-state index contributed by atoms with van der Waals surface area (Å²) in [6, 6.07) is 14.5. The highest BCUT2D eigenvalue weighted by molar-refractivity contribution is 7.20. The second kappa shape index (κ2) is 6.79. The number of nitrogens with zero attached hydrogens (tertiary/aromatic N) is 1. The Kier molecular flexibility index (Phi) is 4.36. The van der Waals surface area contributed by atoms with Crippen LogP contribution in [0.15, 0.2) is 42.5 Å². The monoisotopic (exact) mass is 340 g/mol. The van der Waals surface area contributed by atoms with Crippen LogP contribution in [0.2, 0.25) is 0 Å². The molecule has 0 aliphatic carbocycles. The molecule has 1 aromatic heterocycles. The molecule has 4 rings (SSSR count). The van der Waals surface area contributed by atoms with E-state index in [-0.39, 0.29) is 0 Å². The Labute approximate surface area is 145 Å². The van der Waals surface area contributed by atoms with Crippen molar-refractivity contribution in [2.45, 2.75) is 25.8 Å². The number of hydrogen-bond donors (Lipinski definition) is 1. The molecule has 4 nitrogen and oxygen atoms in total. The first-order valence-corrected chi connectivity index (χ1v) is 9.09. The van der Waals surface area contributed by atoms with Gasteiger partial charge in [0.05, 0.1) is 10.2 Å². The highest BCUT2D eigenvalue weighted by atomic mass is 32.1. The van der Waals surface area contributed by atoms with E-state index in [1.807, 2.05) is 30.3 Å². The topological polar surface area (TPSA) is 43.4 Å². The minimum atomic E-state index is 0.479. The number of benzene rings is 2. The molecule has 5 heteroatoms. The summed E-state index contributed by atoms with van der Waals surface area (Å²) in [5, 5.41) is 4.10. The maximum Gasteiger partial charge on any atom is 0.279 e. The van der Waals surface area contributed by atoms with E-state index in [2.05, 4.69) is 29.4 Å². The molecule has 1 aliphatic rings. The molecule has 1 aliphatic heterocycles. The van der Waals surface area contributed by atoms with Crippen LogP contribution in [0.3, 0.4) is 0 Å². The average Bonchev–Trinajstić information content (AvgIpc) is 3.23. The summed E-state index contributed by atoms with van der Waals surface area (Å²) in [6.45, 7) is 3.90. The molecule has 0 radical (unpaired) electrons. The van der Waals surface area contributed by atoms with Gasteiger partial charge in [-0.15, -0.1) is 0 Å². The van der Waals surface area contributed by atoms with Crippen LogP contribution in [0.1, 0.15) is 18.4 Å². The molecule has 2 heterocycles. The van der Waals surface area contributed by atoms with Crippen LogP contribution < -0.4 is 14.8 Å². The lowest BCUT2D eigenvalue weighted by Crippen LogP contribution is -2.28. The van der Waals surface area contributed by atoms with Crippen molar-refractivity contribution in [1.29, 1.82) is 0 Å². The third-order valence-electron chi connectivity index (χ3n) is 4.17. The highest BCUT2D eigenvalue weighted by Gasteiger charge is 2.14. The lowest BCUT2D eigenvalue weighted by atomic mass is 10.2. The minimum Gasteiger partial charge on any atom is -0.492 e. The van der Waals surface area contributed by atoms with E-state index in [1.54, 1.807) is 11.3 Å². The maximum absolute atomic E-state index is 5.88. The molecule has 0 unspecified atom stereocenters. The summed E-state index contributed by atoms with van der Waals surface area (Å²) in [4.78, 5) is 4.52. The molecule has 2 aromatic carbocycles. The van der Waals surface area contributed by atoms with Crippen molar-refractivity contribution in [2.24, 2.45) is 0 Å². The molecule has 24 heavy (non-hydrogen) atoms. The molecule has 1 fully saturated rings. The normalized spacial score (nSPS) is 17.3. The zero-order chi connectivity index (χ0) is 16.4. The molecule has 0 saturated carbocycles. The van der Waals surface area contributed by atoms with Crippen LogP contribution in [-0.2, 0) is 0 Å². The molecular weight excluding hydrogens is 320 g/mol. The van der Waals surface area contributed by atoms with E-state index in [1.165, 1.54) is 18.4 Å². The van der Waals surface area contributed by atoms with E-state index in [0.717, 1.165) is 34.9 Å². The van der Waals surface area contributed by atoms with E-state index in [4.69, 9.17) is 9.47 Å². The molecule has 124 valence electrons. The number of thiazole rings is 1. The van der Waals surface area contributed by atoms with Crippen molar-refractivity contribution in [3.63, 3.8) is 0 Å². The second-order valence-corrected chi connectivity index (χ2v) is 7.12. The first-order chi connectivity index (χ1) is 11.8. The van der Waals surface area contributed by atoms with Gasteiger partial charge in [-0.25, -0.2) is 4.98 Å². The number of nitrogens with one attached hydrogen (secondary N) is 1. The fraction of sp³-hybridized carbons (Fsp3) is 0.316. The second-order valence-electron chi connectivity index (χ2n) is 6.13. The van der Waals surface area contributed by atoms with Crippen LogP contribution in [0, 0.1) is 6.92 Å². The quantitative estimate of drug-likeness (QED) is 0.741. The number of hydrogen-bond acceptors (Lipinski definition) is 5. The number of rotatable bonds is 5. The van der Waals surface area contributed by atoms with Gasteiger partial charge in [0.15, 0.2) is 0 Å². The zero-order valence-corrected chi connectivity index (χ0v) is 14.4. The lowest BCUT2D eigenvalue weighted by Gasteiger charge is -2.12. The Balaban J connectivity index is 1.40. The molecule has 1 N–H and O–H groups in total.